The van der Waals surface area contributed by atoms with Crippen LogP contribution in [0.1, 0.15) is 47.9 Å². The molecule has 3 aromatic rings. The first-order chi connectivity index (χ1) is 17.6. The lowest BCUT2D eigenvalue weighted by molar-refractivity contribution is -0.116. The molecule has 4 N–H and O–H groups in total. The van der Waals surface area contributed by atoms with Crippen molar-refractivity contribution in [1.29, 1.82) is 0 Å². The number of benzene rings is 2. The van der Waals surface area contributed by atoms with Gasteiger partial charge >= 0.3 is 0 Å². The van der Waals surface area contributed by atoms with Gasteiger partial charge in [0, 0.05) is 25.5 Å². The maximum absolute atomic E-state index is 14.6. The number of halogens is 3. The third-order valence-electron chi connectivity index (χ3n) is 5.59. The molecule has 1 aromatic heterocycles. The van der Waals surface area contributed by atoms with Crippen LogP contribution in [0.25, 0.3) is 11.3 Å². The molecule has 37 heavy (non-hydrogen) atoms. The van der Waals surface area contributed by atoms with Gasteiger partial charge in [-0.05, 0) is 49.6 Å². The fourth-order valence-corrected chi connectivity index (χ4v) is 4.28. The van der Waals surface area contributed by atoms with Crippen LogP contribution >= 0.6 is 11.6 Å². The predicted molar refractivity (Wildman–Crippen MR) is 138 cm³/mol. The maximum Gasteiger partial charge on any atom is 0.261 e. The standard InChI is InChI=1S/C26H24ClF2N5O3/c1-13-9-16(28)22(17(29)10-13)26(37)32-19-12-15(30-14(2)35)11-18-23(19)24-25(27)34-20(33-24)7-5-3-4-6-8-21(36)31-18/h3-4,9-12H,5-8H2,1-2H3,(H,30,35)(H,31,36)(H,32,37)(H,33,34). The van der Waals surface area contributed by atoms with Crippen molar-refractivity contribution < 1.29 is 23.2 Å². The molecule has 1 aliphatic rings. The molecule has 0 unspecified atom stereocenters. The van der Waals surface area contributed by atoms with E-state index < -0.39 is 29.0 Å². The first kappa shape index (κ1) is 26.0. The lowest BCUT2D eigenvalue weighted by Gasteiger charge is -2.18. The summed E-state index contributed by atoms with van der Waals surface area (Å²) in [5, 5.41) is 8.05. The normalized spacial score (nSPS) is 13.5. The summed E-state index contributed by atoms with van der Waals surface area (Å²) in [6.45, 7) is 2.79. The Hall–Kier alpha value is -4.05. The number of aryl methyl sites for hydroxylation is 2. The number of aromatic amines is 1. The fraction of sp³-hybridized carbons (Fsp3) is 0.231. The Kier molecular flexibility index (Phi) is 7.68. The van der Waals surface area contributed by atoms with E-state index in [0.29, 0.717) is 30.7 Å². The highest BCUT2D eigenvalue weighted by molar-refractivity contribution is 6.32. The van der Waals surface area contributed by atoms with Gasteiger partial charge in [0.15, 0.2) is 0 Å². The zero-order valence-corrected chi connectivity index (χ0v) is 20.9. The Morgan fingerprint density at radius 1 is 1.03 bits per heavy atom. The van der Waals surface area contributed by atoms with Crippen LogP contribution in [0.15, 0.2) is 36.4 Å². The van der Waals surface area contributed by atoms with E-state index in [4.69, 9.17) is 11.6 Å². The molecule has 0 spiro atoms. The van der Waals surface area contributed by atoms with E-state index in [0.717, 1.165) is 12.1 Å². The average molecular weight is 528 g/mol. The van der Waals surface area contributed by atoms with Crippen LogP contribution in [-0.2, 0) is 16.0 Å². The first-order valence-electron chi connectivity index (χ1n) is 11.5. The number of allylic oxidation sites excluding steroid dienone is 2. The third-order valence-corrected chi connectivity index (χ3v) is 5.87. The Balaban J connectivity index is 1.90. The molecule has 192 valence electrons. The number of carbonyl (C=O) groups is 3. The van der Waals surface area contributed by atoms with E-state index in [9.17, 15) is 23.2 Å². The number of anilines is 3. The molecule has 0 radical (unpaired) electrons. The lowest BCUT2D eigenvalue weighted by Crippen LogP contribution is -2.19. The quantitative estimate of drug-likeness (QED) is 0.325. The number of carbonyl (C=O) groups excluding carboxylic acids is 3. The summed E-state index contributed by atoms with van der Waals surface area (Å²) in [4.78, 5) is 45.2. The van der Waals surface area contributed by atoms with Crippen LogP contribution in [0.5, 0.6) is 0 Å². The van der Waals surface area contributed by atoms with E-state index in [-0.39, 0.29) is 45.8 Å². The van der Waals surface area contributed by atoms with Crippen molar-refractivity contribution in [2.24, 2.45) is 0 Å². The van der Waals surface area contributed by atoms with Gasteiger partial charge in [0.05, 0.1) is 16.9 Å². The highest BCUT2D eigenvalue weighted by Gasteiger charge is 2.25. The van der Waals surface area contributed by atoms with Gasteiger partial charge in [-0.2, -0.15) is 0 Å². The molecule has 3 amide bonds. The molecule has 2 bridgehead atoms. The van der Waals surface area contributed by atoms with E-state index in [1.54, 1.807) is 0 Å². The predicted octanol–water partition coefficient (Wildman–Crippen LogP) is 5.75. The van der Waals surface area contributed by atoms with Crippen molar-refractivity contribution in [1.82, 2.24) is 9.97 Å². The second-order valence-electron chi connectivity index (χ2n) is 8.63. The molecule has 8 nitrogen and oxygen atoms in total. The largest absolute Gasteiger partial charge is 0.333 e. The van der Waals surface area contributed by atoms with Gasteiger partial charge in [0.25, 0.3) is 5.91 Å². The Labute approximate surface area is 216 Å². The summed E-state index contributed by atoms with van der Waals surface area (Å²) >= 11 is 6.48. The summed E-state index contributed by atoms with van der Waals surface area (Å²) in [5.74, 6) is -3.30. The van der Waals surface area contributed by atoms with Gasteiger partial charge in [-0.15, -0.1) is 0 Å². The molecule has 0 aliphatic carbocycles. The number of rotatable bonds is 3. The zero-order valence-electron chi connectivity index (χ0n) is 20.1. The number of imidazole rings is 1. The molecule has 0 fully saturated rings. The molecular weight excluding hydrogens is 504 g/mol. The third kappa shape index (κ3) is 6.03. The van der Waals surface area contributed by atoms with Gasteiger partial charge in [-0.3, -0.25) is 14.4 Å². The van der Waals surface area contributed by atoms with Crippen molar-refractivity contribution >= 4 is 46.4 Å². The summed E-state index contributed by atoms with van der Waals surface area (Å²) in [5.41, 5.74) is 0.403. The smallest absolute Gasteiger partial charge is 0.261 e. The molecule has 0 saturated carbocycles. The number of hydrogen-bond acceptors (Lipinski definition) is 4. The highest BCUT2D eigenvalue weighted by atomic mass is 35.5. The van der Waals surface area contributed by atoms with Crippen molar-refractivity contribution in [3.63, 3.8) is 0 Å². The zero-order chi connectivity index (χ0) is 26.7. The minimum Gasteiger partial charge on any atom is -0.333 e. The van der Waals surface area contributed by atoms with Crippen LogP contribution in [-0.4, -0.2) is 27.7 Å². The Morgan fingerprint density at radius 2 is 1.70 bits per heavy atom. The molecule has 0 atom stereocenters. The highest BCUT2D eigenvalue weighted by Crippen LogP contribution is 2.41. The molecule has 11 heteroatoms. The van der Waals surface area contributed by atoms with Crippen molar-refractivity contribution in [3.05, 3.63) is 70.2 Å². The number of H-pyrrole nitrogens is 1. The molecule has 0 saturated heterocycles. The Bertz CT molecular complexity index is 1410. The number of nitrogens with one attached hydrogen (secondary N) is 4. The van der Waals surface area contributed by atoms with Crippen LogP contribution < -0.4 is 16.0 Å². The van der Waals surface area contributed by atoms with E-state index in [2.05, 4.69) is 25.9 Å². The number of aromatic nitrogens is 2. The average Bonchev–Trinajstić information content (AvgIpc) is 3.14. The Morgan fingerprint density at radius 3 is 2.38 bits per heavy atom. The van der Waals surface area contributed by atoms with Crippen molar-refractivity contribution in [3.8, 4) is 11.3 Å². The number of nitrogens with zero attached hydrogens (tertiary/aromatic N) is 1. The first-order valence-corrected chi connectivity index (χ1v) is 11.9. The van der Waals surface area contributed by atoms with Gasteiger partial charge in [-0.25, -0.2) is 13.8 Å². The van der Waals surface area contributed by atoms with Gasteiger partial charge in [0.1, 0.15) is 33.9 Å². The molecular formula is C26H24ClF2N5O3. The van der Waals surface area contributed by atoms with E-state index >= 15 is 0 Å². The topological polar surface area (TPSA) is 116 Å². The van der Waals surface area contributed by atoms with Crippen LogP contribution in [0.4, 0.5) is 25.8 Å². The number of amides is 3. The minimum absolute atomic E-state index is 0.0267. The maximum atomic E-state index is 14.6. The second kappa shape index (κ2) is 10.9. The van der Waals surface area contributed by atoms with Crippen molar-refractivity contribution in [2.45, 2.75) is 39.5 Å². The lowest BCUT2D eigenvalue weighted by atomic mass is 10.0. The number of hydrogen-bond donors (Lipinski definition) is 4. The number of fused-ring (bicyclic) bond motifs is 4. The van der Waals surface area contributed by atoms with Gasteiger partial charge in [0.2, 0.25) is 11.8 Å². The molecule has 2 heterocycles. The summed E-state index contributed by atoms with van der Waals surface area (Å²) < 4.78 is 29.1. The SMILES string of the molecule is CC(=O)Nc1cc2c(c(NC(=O)c3c(F)cc(C)cc3F)c1)-c1nc([nH]c1Cl)CCC=CCCC(=O)N2. The monoisotopic (exact) mass is 527 g/mol. The minimum atomic E-state index is -1.07. The summed E-state index contributed by atoms with van der Waals surface area (Å²) in [7, 11) is 0. The van der Waals surface area contributed by atoms with Gasteiger partial charge < -0.3 is 20.9 Å². The van der Waals surface area contributed by atoms with Crippen LogP contribution in [0.2, 0.25) is 5.15 Å². The molecule has 1 aliphatic heterocycles. The van der Waals surface area contributed by atoms with E-state index in [1.807, 2.05) is 12.2 Å². The molecule has 4 rings (SSSR count). The fourth-order valence-electron chi connectivity index (χ4n) is 4.04. The van der Waals surface area contributed by atoms with Crippen LogP contribution in [0, 0.1) is 18.6 Å². The van der Waals surface area contributed by atoms with Crippen LogP contribution in [0.3, 0.4) is 0 Å². The molecule has 2 aromatic carbocycles. The van der Waals surface area contributed by atoms with E-state index in [1.165, 1.54) is 26.0 Å². The summed E-state index contributed by atoms with van der Waals surface area (Å²) in [6.07, 6.45) is 5.73. The summed E-state index contributed by atoms with van der Waals surface area (Å²) in [6, 6.07) is 4.99. The van der Waals surface area contributed by atoms with Gasteiger partial charge in [-0.1, -0.05) is 23.8 Å². The van der Waals surface area contributed by atoms with Crippen molar-refractivity contribution in [2.75, 3.05) is 16.0 Å². The second-order valence-corrected chi connectivity index (χ2v) is 9.01.